The second kappa shape index (κ2) is 16.8. The van der Waals surface area contributed by atoms with Crippen molar-refractivity contribution in [1.29, 1.82) is 0 Å². The summed E-state index contributed by atoms with van der Waals surface area (Å²) >= 11 is 0. The number of nitrogens with one attached hydrogen (secondary N) is 3. The molecule has 0 heterocycles. The van der Waals surface area contributed by atoms with Crippen LogP contribution in [0.15, 0.2) is 48.5 Å². The van der Waals surface area contributed by atoms with Gasteiger partial charge in [-0.15, -0.1) is 0 Å². The third-order valence-electron chi connectivity index (χ3n) is 6.77. The molecule has 1 aliphatic carbocycles. The predicted octanol–water partition coefficient (Wildman–Crippen LogP) is 4.81. The van der Waals surface area contributed by atoms with Gasteiger partial charge in [0.1, 0.15) is 17.8 Å². The first kappa shape index (κ1) is 36.2. The zero-order valence-corrected chi connectivity index (χ0v) is 27.8. The van der Waals surface area contributed by atoms with Gasteiger partial charge in [0.25, 0.3) is 0 Å². The topological polar surface area (TPSA) is 145 Å². The number of rotatable bonds is 14. The van der Waals surface area contributed by atoms with Crippen LogP contribution in [0.2, 0.25) is 0 Å². The summed E-state index contributed by atoms with van der Waals surface area (Å²) in [5.74, 6) is -0.247. The van der Waals surface area contributed by atoms with Gasteiger partial charge in [-0.1, -0.05) is 48.5 Å². The first-order chi connectivity index (χ1) is 21.7. The van der Waals surface area contributed by atoms with E-state index in [0.717, 1.165) is 22.3 Å². The maximum Gasteiger partial charge on any atom is 0.407 e. The highest BCUT2D eigenvalue weighted by molar-refractivity contribution is 5.79. The van der Waals surface area contributed by atoms with Gasteiger partial charge in [0.15, 0.2) is 0 Å². The number of fused-ring (bicyclic) bond motifs is 3. The van der Waals surface area contributed by atoms with Crippen molar-refractivity contribution in [3.63, 3.8) is 0 Å². The van der Waals surface area contributed by atoms with E-state index in [2.05, 4.69) is 40.2 Å². The van der Waals surface area contributed by atoms with Crippen LogP contribution in [-0.4, -0.2) is 92.8 Å². The highest BCUT2D eigenvalue weighted by atomic mass is 16.6. The van der Waals surface area contributed by atoms with Crippen LogP contribution in [0.1, 0.15) is 65.0 Å². The normalized spacial score (nSPS) is 12.4. The molecule has 0 atom stereocenters. The van der Waals surface area contributed by atoms with E-state index in [0.29, 0.717) is 0 Å². The number of carbonyl (C=O) groups excluding carboxylic acids is 4. The SMILES string of the molecule is CC(C)(C)OC(=O)NCCN(CCNC(=O)OC(C)(C)C)C(=O)CCOCCNC(=O)OCC1c2ccccc2-c2ccccc21. The lowest BCUT2D eigenvalue weighted by atomic mass is 9.98. The largest absolute Gasteiger partial charge is 0.449 e. The van der Waals surface area contributed by atoms with Crippen molar-refractivity contribution in [1.82, 2.24) is 20.9 Å². The fourth-order valence-corrected chi connectivity index (χ4v) is 4.87. The number of benzene rings is 2. The molecular formula is C34H48N4O8. The van der Waals surface area contributed by atoms with Crippen LogP contribution in [0, 0.1) is 0 Å². The molecule has 46 heavy (non-hydrogen) atoms. The van der Waals surface area contributed by atoms with Gasteiger partial charge in [-0.25, -0.2) is 14.4 Å². The molecule has 12 heteroatoms. The molecule has 0 aromatic heterocycles. The molecule has 252 valence electrons. The molecule has 0 spiro atoms. The molecule has 0 saturated heterocycles. The van der Waals surface area contributed by atoms with Gasteiger partial charge in [-0.3, -0.25) is 4.79 Å². The molecule has 2 aromatic rings. The molecule has 0 radical (unpaired) electrons. The molecule has 3 N–H and O–H groups in total. The van der Waals surface area contributed by atoms with Gasteiger partial charge >= 0.3 is 18.3 Å². The molecule has 2 aromatic carbocycles. The maximum absolute atomic E-state index is 12.9. The number of carbonyl (C=O) groups is 4. The summed E-state index contributed by atoms with van der Waals surface area (Å²) in [6.45, 7) is 12.1. The van der Waals surface area contributed by atoms with Gasteiger partial charge in [0, 0.05) is 38.6 Å². The summed E-state index contributed by atoms with van der Waals surface area (Å²) in [6, 6.07) is 16.3. The van der Waals surface area contributed by atoms with E-state index >= 15 is 0 Å². The lowest BCUT2D eigenvalue weighted by Gasteiger charge is -2.25. The van der Waals surface area contributed by atoms with Gasteiger partial charge in [-0.2, -0.15) is 0 Å². The molecule has 0 unspecified atom stereocenters. The molecule has 0 bridgehead atoms. The van der Waals surface area contributed by atoms with Gasteiger partial charge in [0.05, 0.1) is 19.6 Å². The van der Waals surface area contributed by atoms with Crippen LogP contribution in [0.4, 0.5) is 14.4 Å². The summed E-state index contributed by atoms with van der Waals surface area (Å²) in [4.78, 5) is 50.9. The van der Waals surface area contributed by atoms with Crippen molar-refractivity contribution in [2.24, 2.45) is 0 Å². The van der Waals surface area contributed by atoms with Crippen molar-refractivity contribution in [2.75, 3.05) is 52.5 Å². The Hall–Kier alpha value is -4.32. The maximum atomic E-state index is 12.9. The number of hydrogen-bond donors (Lipinski definition) is 3. The van der Waals surface area contributed by atoms with Crippen LogP contribution in [0.3, 0.4) is 0 Å². The number of hydrogen-bond acceptors (Lipinski definition) is 8. The quantitative estimate of drug-likeness (QED) is 0.197. The van der Waals surface area contributed by atoms with E-state index in [-0.39, 0.29) is 70.8 Å². The molecular weight excluding hydrogens is 592 g/mol. The lowest BCUT2D eigenvalue weighted by molar-refractivity contribution is -0.132. The molecule has 0 fully saturated rings. The summed E-state index contributed by atoms with van der Waals surface area (Å²) in [5, 5.41) is 7.96. The Morgan fingerprint density at radius 2 is 1.15 bits per heavy atom. The van der Waals surface area contributed by atoms with E-state index in [1.807, 2.05) is 24.3 Å². The lowest BCUT2D eigenvalue weighted by Crippen LogP contribution is -2.44. The van der Waals surface area contributed by atoms with Gasteiger partial charge in [-0.05, 0) is 63.8 Å². The number of nitrogens with zero attached hydrogens (tertiary/aromatic N) is 1. The smallest absolute Gasteiger partial charge is 0.407 e. The van der Waals surface area contributed by atoms with E-state index < -0.39 is 29.5 Å². The molecule has 12 nitrogen and oxygen atoms in total. The third kappa shape index (κ3) is 12.2. The minimum atomic E-state index is -0.645. The minimum Gasteiger partial charge on any atom is -0.449 e. The highest BCUT2D eigenvalue weighted by Crippen LogP contribution is 2.44. The average Bonchev–Trinajstić information content (AvgIpc) is 3.28. The Kier molecular flexibility index (Phi) is 13.2. The minimum absolute atomic E-state index is 0.0259. The van der Waals surface area contributed by atoms with E-state index in [1.54, 1.807) is 41.5 Å². The predicted molar refractivity (Wildman–Crippen MR) is 174 cm³/mol. The van der Waals surface area contributed by atoms with E-state index in [9.17, 15) is 19.2 Å². The third-order valence-corrected chi connectivity index (χ3v) is 6.77. The molecule has 3 rings (SSSR count). The standard InChI is InChI=1S/C34H48N4O8/c1-33(2,3)45-31(41)35-16-19-38(20-17-36-32(42)46-34(4,5)6)29(39)15-21-43-22-18-37-30(40)44-23-28-26-13-9-7-11-24(26)25-12-8-10-14-27(25)28/h7-14,28H,15-23H2,1-6H3,(H,35,41)(H,36,42)(H,37,40). The van der Waals surface area contributed by atoms with Crippen molar-refractivity contribution in [2.45, 2.75) is 65.1 Å². The van der Waals surface area contributed by atoms with Crippen molar-refractivity contribution in [3.05, 3.63) is 59.7 Å². The van der Waals surface area contributed by atoms with Crippen LogP contribution in [-0.2, 0) is 23.7 Å². The van der Waals surface area contributed by atoms with Crippen molar-refractivity contribution < 1.29 is 38.1 Å². The second-order valence-corrected chi connectivity index (χ2v) is 12.9. The monoisotopic (exact) mass is 640 g/mol. The first-order valence-electron chi connectivity index (χ1n) is 15.6. The zero-order chi connectivity index (χ0) is 33.7. The summed E-state index contributed by atoms with van der Waals surface area (Å²) < 4.78 is 21.6. The summed E-state index contributed by atoms with van der Waals surface area (Å²) in [7, 11) is 0. The van der Waals surface area contributed by atoms with Crippen LogP contribution < -0.4 is 16.0 Å². The zero-order valence-electron chi connectivity index (χ0n) is 27.8. The number of ether oxygens (including phenoxy) is 4. The Bertz CT molecular complexity index is 1260. The number of alkyl carbamates (subject to hydrolysis) is 3. The van der Waals surface area contributed by atoms with Crippen molar-refractivity contribution >= 4 is 24.2 Å². The molecule has 0 aliphatic heterocycles. The van der Waals surface area contributed by atoms with Crippen molar-refractivity contribution in [3.8, 4) is 11.1 Å². The van der Waals surface area contributed by atoms with Crippen LogP contribution >= 0.6 is 0 Å². The van der Waals surface area contributed by atoms with E-state index in [1.165, 1.54) is 4.90 Å². The molecule has 0 saturated carbocycles. The summed E-state index contributed by atoms with van der Waals surface area (Å²) in [5.41, 5.74) is 3.31. The van der Waals surface area contributed by atoms with Crippen LogP contribution in [0.5, 0.6) is 0 Å². The second-order valence-electron chi connectivity index (χ2n) is 12.9. The summed E-state index contributed by atoms with van der Waals surface area (Å²) in [6.07, 6.45) is -1.63. The highest BCUT2D eigenvalue weighted by Gasteiger charge is 2.29. The molecule has 4 amide bonds. The van der Waals surface area contributed by atoms with E-state index in [4.69, 9.17) is 18.9 Å². The van der Waals surface area contributed by atoms with Crippen LogP contribution in [0.25, 0.3) is 11.1 Å². The number of amides is 4. The fraction of sp³-hybridized carbons (Fsp3) is 0.529. The average molecular weight is 641 g/mol. The first-order valence-corrected chi connectivity index (χ1v) is 15.6. The molecule has 1 aliphatic rings. The Morgan fingerprint density at radius 1 is 0.674 bits per heavy atom. The Labute approximate surface area is 271 Å². The Morgan fingerprint density at radius 3 is 1.65 bits per heavy atom. The fourth-order valence-electron chi connectivity index (χ4n) is 4.87. The van der Waals surface area contributed by atoms with Gasteiger partial charge < -0.3 is 39.8 Å². The Balaban J connectivity index is 1.37. The van der Waals surface area contributed by atoms with Gasteiger partial charge in [0.2, 0.25) is 5.91 Å².